The molecule has 0 saturated heterocycles. The smallest absolute Gasteiger partial charge is 0.252 e. The van der Waals surface area contributed by atoms with Gasteiger partial charge in [0.2, 0.25) is 0 Å². The molecule has 1 aromatic heterocycles. The molecule has 2 aromatic rings. The highest BCUT2D eigenvalue weighted by atomic mass is 79.9. The number of benzene rings is 1. The van der Waals surface area contributed by atoms with Gasteiger partial charge < -0.3 is 0 Å². The van der Waals surface area contributed by atoms with E-state index in [2.05, 4.69) is 20.9 Å². The number of rotatable bonds is 1. The van der Waals surface area contributed by atoms with E-state index in [4.69, 9.17) is 0 Å². The van der Waals surface area contributed by atoms with Crippen LogP contribution in [0.25, 0.3) is 10.9 Å². The van der Waals surface area contributed by atoms with Gasteiger partial charge in [0.25, 0.3) is 0 Å². The molecule has 0 aliphatic rings. The van der Waals surface area contributed by atoms with Crippen molar-refractivity contribution in [3.8, 4) is 0 Å². The number of aromatic nitrogens is 1. The second-order valence-electron chi connectivity index (χ2n) is 3.45. The molecule has 0 unspecified atom stereocenters. The highest BCUT2D eigenvalue weighted by Gasteiger charge is 2.33. The number of alkyl halides is 4. The van der Waals surface area contributed by atoms with E-state index in [1.165, 1.54) is 6.07 Å². The van der Waals surface area contributed by atoms with Crippen molar-refractivity contribution in [2.45, 2.75) is 11.5 Å². The van der Waals surface area contributed by atoms with Crippen LogP contribution >= 0.6 is 15.9 Å². The van der Waals surface area contributed by atoms with Crippen LogP contribution in [-0.2, 0) is 11.5 Å². The maximum absolute atomic E-state index is 13.0. The van der Waals surface area contributed by atoms with Crippen molar-refractivity contribution < 1.29 is 17.6 Å². The lowest BCUT2D eigenvalue weighted by atomic mass is 10.1. The van der Waals surface area contributed by atoms with Gasteiger partial charge in [-0.2, -0.15) is 13.2 Å². The summed E-state index contributed by atoms with van der Waals surface area (Å²) in [7, 11) is 0. The molecule has 90 valence electrons. The van der Waals surface area contributed by atoms with Crippen molar-refractivity contribution in [2.75, 3.05) is 0 Å². The normalized spacial score (nSPS) is 12.1. The van der Waals surface area contributed by atoms with Crippen molar-refractivity contribution in [2.24, 2.45) is 0 Å². The van der Waals surface area contributed by atoms with E-state index in [1.54, 1.807) is 0 Å². The van der Waals surface area contributed by atoms with Crippen LogP contribution in [0.4, 0.5) is 17.6 Å². The van der Waals surface area contributed by atoms with Crippen LogP contribution in [0.15, 0.2) is 24.3 Å². The molecule has 2 rings (SSSR count). The molecule has 0 amide bonds. The van der Waals surface area contributed by atoms with Gasteiger partial charge >= 0.3 is 6.18 Å². The third-order valence-corrected chi connectivity index (χ3v) is 2.84. The average molecular weight is 308 g/mol. The Morgan fingerprint density at radius 1 is 1.18 bits per heavy atom. The first-order valence-corrected chi connectivity index (χ1v) is 5.76. The van der Waals surface area contributed by atoms with Gasteiger partial charge in [0, 0.05) is 10.7 Å². The summed E-state index contributed by atoms with van der Waals surface area (Å²) < 4.78 is 51.4. The second-order valence-corrected chi connectivity index (χ2v) is 4.01. The van der Waals surface area contributed by atoms with E-state index in [0.29, 0.717) is 0 Å². The maximum atomic E-state index is 13.0. The second kappa shape index (κ2) is 4.25. The third-order valence-electron chi connectivity index (χ3n) is 2.27. The number of hydrogen-bond acceptors (Lipinski definition) is 1. The minimum atomic E-state index is -4.52. The molecule has 1 heterocycles. The molecule has 0 fully saturated rings. The Hall–Kier alpha value is -1.17. The minimum absolute atomic E-state index is 0.135. The van der Waals surface area contributed by atoms with Crippen LogP contribution in [0, 0.1) is 5.82 Å². The zero-order chi connectivity index (χ0) is 12.6. The topological polar surface area (TPSA) is 12.9 Å². The quantitative estimate of drug-likeness (QED) is 0.566. The van der Waals surface area contributed by atoms with Crippen LogP contribution < -0.4 is 0 Å². The lowest BCUT2D eigenvalue weighted by molar-refractivity contribution is -0.136. The van der Waals surface area contributed by atoms with E-state index in [-0.39, 0.29) is 21.9 Å². The summed E-state index contributed by atoms with van der Waals surface area (Å²) in [5, 5.41) is -0.00848. The predicted octanol–water partition coefficient (Wildman–Crippen LogP) is 4.29. The Labute approximate surface area is 103 Å². The molecule has 0 spiro atoms. The number of hydrogen-bond donors (Lipinski definition) is 0. The third kappa shape index (κ3) is 2.41. The zero-order valence-electron chi connectivity index (χ0n) is 8.35. The van der Waals surface area contributed by atoms with Crippen LogP contribution in [0.1, 0.15) is 11.3 Å². The molecular weight excluding hydrogens is 302 g/mol. The summed E-state index contributed by atoms with van der Waals surface area (Å²) in [6.45, 7) is 0. The van der Waals surface area contributed by atoms with Gasteiger partial charge in [-0.3, -0.25) is 4.98 Å². The van der Waals surface area contributed by atoms with Crippen molar-refractivity contribution in [3.63, 3.8) is 0 Å². The van der Waals surface area contributed by atoms with E-state index in [1.807, 2.05) is 0 Å². The summed E-state index contributed by atoms with van der Waals surface area (Å²) in [4.78, 5) is 4.00. The van der Waals surface area contributed by atoms with Gasteiger partial charge in [0.1, 0.15) is 5.82 Å². The van der Waals surface area contributed by atoms with Crippen LogP contribution in [0.2, 0.25) is 0 Å². The van der Waals surface area contributed by atoms with E-state index in [0.717, 1.165) is 18.2 Å². The fourth-order valence-corrected chi connectivity index (χ4v) is 1.84. The Bertz CT molecular complexity index is 565. The summed E-state index contributed by atoms with van der Waals surface area (Å²) in [6, 6.07) is 4.11. The van der Waals surface area contributed by atoms with Crippen LogP contribution in [0.3, 0.4) is 0 Å². The molecule has 0 aliphatic carbocycles. The average Bonchev–Trinajstić information content (AvgIpc) is 2.26. The van der Waals surface area contributed by atoms with Crippen LogP contribution in [0.5, 0.6) is 0 Å². The van der Waals surface area contributed by atoms with Gasteiger partial charge in [0.05, 0.1) is 16.8 Å². The highest BCUT2D eigenvalue weighted by molar-refractivity contribution is 9.08. The number of halogens is 5. The fourth-order valence-electron chi connectivity index (χ4n) is 1.56. The Morgan fingerprint density at radius 2 is 1.88 bits per heavy atom. The van der Waals surface area contributed by atoms with E-state index >= 15 is 0 Å². The van der Waals surface area contributed by atoms with E-state index < -0.39 is 17.6 Å². The number of nitrogens with zero attached hydrogens (tertiary/aromatic N) is 1. The van der Waals surface area contributed by atoms with Gasteiger partial charge in [-0.1, -0.05) is 15.9 Å². The standard InChI is InChI=1S/C11H6BrF4N/c12-5-7-4-9(11(14,15)16)8-3-6(13)1-2-10(8)17-7/h1-4H,5H2. The molecule has 0 N–H and O–H groups in total. The summed E-state index contributed by atoms with van der Waals surface area (Å²) in [5.41, 5.74) is -0.469. The van der Waals surface area contributed by atoms with Crippen molar-refractivity contribution >= 4 is 26.8 Å². The molecule has 1 aromatic carbocycles. The number of pyridine rings is 1. The summed E-state index contributed by atoms with van der Waals surface area (Å²) in [5.74, 6) is -0.712. The molecule has 0 bridgehead atoms. The maximum Gasteiger partial charge on any atom is 0.417 e. The first-order valence-electron chi connectivity index (χ1n) is 4.64. The Morgan fingerprint density at radius 3 is 2.47 bits per heavy atom. The predicted molar refractivity (Wildman–Crippen MR) is 59.3 cm³/mol. The lowest BCUT2D eigenvalue weighted by Crippen LogP contribution is -2.08. The Balaban J connectivity index is 2.82. The van der Waals surface area contributed by atoms with E-state index in [9.17, 15) is 17.6 Å². The van der Waals surface area contributed by atoms with Crippen molar-refractivity contribution in [3.05, 3.63) is 41.3 Å². The van der Waals surface area contributed by atoms with Crippen LogP contribution in [-0.4, -0.2) is 4.98 Å². The Kier molecular flexibility index (Phi) is 3.07. The lowest BCUT2D eigenvalue weighted by Gasteiger charge is -2.11. The van der Waals surface area contributed by atoms with Gasteiger partial charge in [-0.25, -0.2) is 4.39 Å². The molecule has 0 saturated carbocycles. The molecule has 6 heteroatoms. The summed E-state index contributed by atoms with van der Waals surface area (Å²) >= 11 is 3.05. The highest BCUT2D eigenvalue weighted by Crippen LogP contribution is 2.35. The molecule has 0 radical (unpaired) electrons. The SMILES string of the molecule is Fc1ccc2nc(CBr)cc(C(F)(F)F)c2c1. The van der Waals surface area contributed by atoms with Gasteiger partial charge in [-0.15, -0.1) is 0 Å². The number of fused-ring (bicyclic) bond motifs is 1. The fraction of sp³-hybridized carbons (Fsp3) is 0.182. The minimum Gasteiger partial charge on any atom is -0.252 e. The molecule has 0 atom stereocenters. The zero-order valence-corrected chi connectivity index (χ0v) is 9.94. The van der Waals surface area contributed by atoms with Crippen molar-refractivity contribution in [1.29, 1.82) is 0 Å². The summed E-state index contributed by atoms with van der Waals surface area (Å²) in [6.07, 6.45) is -4.52. The molecular formula is C11H6BrF4N. The van der Waals surface area contributed by atoms with Gasteiger partial charge in [-0.05, 0) is 24.3 Å². The molecule has 17 heavy (non-hydrogen) atoms. The first-order chi connectivity index (χ1) is 7.91. The van der Waals surface area contributed by atoms with Crippen molar-refractivity contribution in [1.82, 2.24) is 4.98 Å². The monoisotopic (exact) mass is 307 g/mol. The largest absolute Gasteiger partial charge is 0.417 e. The molecule has 0 aliphatic heterocycles. The molecule has 1 nitrogen and oxygen atoms in total. The van der Waals surface area contributed by atoms with Gasteiger partial charge in [0.15, 0.2) is 0 Å². The first kappa shape index (κ1) is 12.3.